The SMILES string of the molecule is O=C(Cn1cnc2ccccc2c1=O)NCc1cn2cc(Cl)ccc2n1. The van der Waals surface area contributed by atoms with Gasteiger partial charge in [-0.25, -0.2) is 9.97 Å². The Morgan fingerprint density at radius 2 is 2.00 bits per heavy atom. The summed E-state index contributed by atoms with van der Waals surface area (Å²) in [4.78, 5) is 33.2. The highest BCUT2D eigenvalue weighted by Gasteiger charge is 2.09. The summed E-state index contributed by atoms with van der Waals surface area (Å²) in [6.45, 7) is 0.157. The third kappa shape index (κ3) is 3.16. The maximum atomic E-state index is 12.4. The number of hydrogen-bond acceptors (Lipinski definition) is 4. The first-order valence-corrected chi connectivity index (χ1v) is 8.32. The van der Waals surface area contributed by atoms with Crippen molar-refractivity contribution in [2.24, 2.45) is 0 Å². The Hall–Kier alpha value is -3.19. The Labute approximate surface area is 152 Å². The van der Waals surface area contributed by atoms with E-state index in [2.05, 4.69) is 15.3 Å². The molecule has 0 saturated heterocycles. The van der Waals surface area contributed by atoms with E-state index in [-0.39, 0.29) is 24.6 Å². The van der Waals surface area contributed by atoms with E-state index in [1.807, 2.05) is 6.07 Å². The van der Waals surface area contributed by atoms with Gasteiger partial charge in [0, 0.05) is 12.4 Å². The minimum Gasteiger partial charge on any atom is -0.349 e. The summed E-state index contributed by atoms with van der Waals surface area (Å²) < 4.78 is 3.09. The molecule has 0 spiro atoms. The highest BCUT2D eigenvalue weighted by atomic mass is 35.5. The smallest absolute Gasteiger partial charge is 0.261 e. The Morgan fingerprint density at radius 3 is 2.88 bits per heavy atom. The predicted molar refractivity (Wildman–Crippen MR) is 98.1 cm³/mol. The van der Waals surface area contributed by atoms with Crippen molar-refractivity contribution in [1.29, 1.82) is 0 Å². The summed E-state index contributed by atoms with van der Waals surface area (Å²) in [5.41, 5.74) is 1.81. The molecule has 0 radical (unpaired) electrons. The molecule has 0 saturated carbocycles. The molecule has 7 nitrogen and oxygen atoms in total. The van der Waals surface area contributed by atoms with Gasteiger partial charge >= 0.3 is 0 Å². The average molecular weight is 368 g/mol. The Bertz CT molecular complexity index is 1180. The summed E-state index contributed by atoms with van der Waals surface area (Å²) in [5, 5.41) is 3.85. The third-order valence-corrected chi connectivity index (χ3v) is 4.20. The summed E-state index contributed by atoms with van der Waals surface area (Å²) in [6, 6.07) is 10.6. The van der Waals surface area contributed by atoms with Crippen LogP contribution in [-0.4, -0.2) is 24.8 Å². The number of carbonyl (C=O) groups is 1. The molecule has 3 aromatic heterocycles. The van der Waals surface area contributed by atoms with E-state index < -0.39 is 0 Å². The molecule has 4 aromatic rings. The molecular formula is C18H14ClN5O2. The molecule has 1 amide bonds. The van der Waals surface area contributed by atoms with Crippen molar-refractivity contribution in [1.82, 2.24) is 24.3 Å². The number of carbonyl (C=O) groups excluding carboxylic acids is 1. The fourth-order valence-corrected chi connectivity index (χ4v) is 2.89. The quantitative estimate of drug-likeness (QED) is 0.598. The van der Waals surface area contributed by atoms with Gasteiger partial charge in [-0.1, -0.05) is 23.7 Å². The third-order valence-electron chi connectivity index (χ3n) is 3.98. The molecule has 26 heavy (non-hydrogen) atoms. The number of rotatable bonds is 4. The van der Waals surface area contributed by atoms with Gasteiger partial charge in [-0.2, -0.15) is 0 Å². The summed E-state index contributed by atoms with van der Waals surface area (Å²) in [6.07, 6.45) is 4.93. The number of para-hydroxylation sites is 1. The number of fused-ring (bicyclic) bond motifs is 2. The molecule has 1 N–H and O–H groups in total. The standard InChI is InChI=1S/C18H14ClN5O2/c19-12-5-6-16-22-13(9-23(16)8-12)7-20-17(25)10-24-11-21-15-4-2-1-3-14(15)18(24)26/h1-6,8-9,11H,7,10H2,(H,20,25). The molecule has 0 fully saturated rings. The van der Waals surface area contributed by atoms with Crippen LogP contribution in [0.2, 0.25) is 5.02 Å². The molecule has 130 valence electrons. The molecule has 8 heteroatoms. The van der Waals surface area contributed by atoms with Crippen molar-refractivity contribution in [3.63, 3.8) is 0 Å². The molecule has 4 rings (SSSR count). The monoisotopic (exact) mass is 367 g/mol. The number of amides is 1. The van der Waals surface area contributed by atoms with E-state index in [4.69, 9.17) is 11.6 Å². The number of nitrogens with one attached hydrogen (secondary N) is 1. The van der Waals surface area contributed by atoms with Crippen LogP contribution in [0.15, 0.2) is 59.9 Å². The van der Waals surface area contributed by atoms with Crippen molar-refractivity contribution in [2.45, 2.75) is 13.1 Å². The summed E-state index contributed by atoms with van der Waals surface area (Å²) >= 11 is 5.95. The van der Waals surface area contributed by atoms with Crippen molar-refractivity contribution in [3.05, 3.63) is 76.2 Å². The van der Waals surface area contributed by atoms with E-state index in [1.165, 1.54) is 10.9 Å². The number of pyridine rings is 1. The van der Waals surface area contributed by atoms with Gasteiger partial charge in [0.25, 0.3) is 5.56 Å². The van der Waals surface area contributed by atoms with Crippen LogP contribution >= 0.6 is 11.6 Å². The lowest BCUT2D eigenvalue weighted by Crippen LogP contribution is -2.32. The molecular weight excluding hydrogens is 354 g/mol. The highest BCUT2D eigenvalue weighted by Crippen LogP contribution is 2.11. The lowest BCUT2D eigenvalue weighted by molar-refractivity contribution is -0.121. The van der Waals surface area contributed by atoms with Crippen LogP contribution in [-0.2, 0) is 17.9 Å². The Kier molecular flexibility index (Phi) is 4.14. The Balaban J connectivity index is 1.47. The van der Waals surface area contributed by atoms with Gasteiger partial charge in [-0.05, 0) is 24.3 Å². The van der Waals surface area contributed by atoms with Crippen LogP contribution in [0.4, 0.5) is 0 Å². The van der Waals surface area contributed by atoms with Crippen LogP contribution in [0, 0.1) is 0 Å². The molecule has 1 aromatic carbocycles. The largest absolute Gasteiger partial charge is 0.349 e. The normalized spacial score (nSPS) is 11.1. The zero-order valence-electron chi connectivity index (χ0n) is 13.6. The first-order valence-electron chi connectivity index (χ1n) is 7.94. The van der Waals surface area contributed by atoms with Crippen LogP contribution < -0.4 is 10.9 Å². The summed E-state index contributed by atoms with van der Waals surface area (Å²) in [7, 11) is 0. The van der Waals surface area contributed by atoms with Crippen LogP contribution in [0.3, 0.4) is 0 Å². The second-order valence-electron chi connectivity index (χ2n) is 5.82. The van der Waals surface area contributed by atoms with Crippen molar-refractivity contribution in [2.75, 3.05) is 0 Å². The average Bonchev–Trinajstić information content (AvgIpc) is 3.04. The van der Waals surface area contributed by atoms with Crippen molar-refractivity contribution in [3.8, 4) is 0 Å². The maximum absolute atomic E-state index is 12.4. The van der Waals surface area contributed by atoms with Gasteiger partial charge in [-0.3, -0.25) is 14.2 Å². The maximum Gasteiger partial charge on any atom is 0.261 e. The van der Waals surface area contributed by atoms with Gasteiger partial charge in [0.2, 0.25) is 5.91 Å². The number of halogens is 1. The molecule has 0 aliphatic carbocycles. The molecule has 3 heterocycles. The van der Waals surface area contributed by atoms with E-state index in [0.717, 1.165) is 5.65 Å². The Morgan fingerprint density at radius 1 is 1.15 bits per heavy atom. The lowest BCUT2D eigenvalue weighted by atomic mass is 10.2. The number of benzene rings is 1. The fourth-order valence-electron chi connectivity index (χ4n) is 2.72. The lowest BCUT2D eigenvalue weighted by Gasteiger charge is -2.07. The highest BCUT2D eigenvalue weighted by molar-refractivity contribution is 6.30. The molecule has 0 aliphatic rings. The number of hydrogen-bond donors (Lipinski definition) is 1. The van der Waals surface area contributed by atoms with E-state index in [1.54, 1.807) is 47.1 Å². The van der Waals surface area contributed by atoms with E-state index >= 15 is 0 Å². The minimum atomic E-state index is -0.292. The first-order chi connectivity index (χ1) is 12.6. The van der Waals surface area contributed by atoms with E-state index in [0.29, 0.717) is 21.6 Å². The van der Waals surface area contributed by atoms with Gasteiger partial charge in [0.1, 0.15) is 12.2 Å². The molecule has 0 bridgehead atoms. The van der Waals surface area contributed by atoms with Crippen LogP contribution in [0.1, 0.15) is 5.69 Å². The molecule has 0 atom stereocenters. The topological polar surface area (TPSA) is 81.3 Å². The van der Waals surface area contributed by atoms with Gasteiger partial charge < -0.3 is 9.72 Å². The second-order valence-corrected chi connectivity index (χ2v) is 6.25. The predicted octanol–water partition coefficient (Wildman–Crippen LogP) is 2.01. The van der Waals surface area contributed by atoms with Gasteiger partial charge in [0.15, 0.2) is 0 Å². The van der Waals surface area contributed by atoms with E-state index in [9.17, 15) is 9.59 Å². The van der Waals surface area contributed by atoms with Crippen LogP contribution in [0.25, 0.3) is 16.6 Å². The molecule has 0 aliphatic heterocycles. The number of aromatic nitrogens is 4. The molecule has 0 unspecified atom stereocenters. The van der Waals surface area contributed by atoms with Crippen molar-refractivity contribution >= 4 is 34.1 Å². The zero-order valence-corrected chi connectivity index (χ0v) is 14.3. The minimum absolute atomic E-state index is 0.101. The number of nitrogens with zero attached hydrogens (tertiary/aromatic N) is 4. The first kappa shape index (κ1) is 16.3. The van der Waals surface area contributed by atoms with Crippen molar-refractivity contribution < 1.29 is 4.79 Å². The van der Waals surface area contributed by atoms with Gasteiger partial charge in [-0.15, -0.1) is 0 Å². The van der Waals surface area contributed by atoms with Gasteiger partial charge in [0.05, 0.1) is 34.5 Å². The fraction of sp³-hybridized carbons (Fsp3) is 0.111. The second kappa shape index (κ2) is 6.61. The van der Waals surface area contributed by atoms with Crippen LogP contribution in [0.5, 0.6) is 0 Å². The summed E-state index contributed by atoms with van der Waals surface area (Å²) in [5.74, 6) is -0.292. The number of imidazole rings is 1. The zero-order chi connectivity index (χ0) is 18.1.